The molecule has 0 saturated carbocycles. The monoisotopic (exact) mass is 691 g/mol. The fourth-order valence-electron chi connectivity index (χ4n) is 5.15. The van der Waals surface area contributed by atoms with Gasteiger partial charge in [-0.15, -0.1) is 16.9 Å². The molecule has 7 heterocycles. The molecule has 0 radical (unpaired) electrons. The van der Waals surface area contributed by atoms with Crippen molar-refractivity contribution in [2.45, 2.75) is 47.6 Å². The summed E-state index contributed by atoms with van der Waals surface area (Å²) in [6.45, 7) is -5.08. The number of H-pyrrole nitrogens is 1. The van der Waals surface area contributed by atoms with Gasteiger partial charge in [-0.3, -0.25) is 23.3 Å². The molecule has 44 heavy (non-hydrogen) atoms. The van der Waals surface area contributed by atoms with E-state index in [1.807, 2.05) is 0 Å². The van der Waals surface area contributed by atoms with Gasteiger partial charge < -0.3 is 35.6 Å². The molecule has 3 aliphatic heterocycles. The zero-order valence-corrected chi connectivity index (χ0v) is 25.4. The minimum atomic E-state index is -4.76. The molecule has 236 valence electrons. The maximum Gasteiger partial charge on any atom is 0.472 e. The standard InChI is InChI=1S/C19H23N11O10P2S2/c20-14-16-22-2-6(29(16)24-5-23-14)7-1-8-9(38-7)3-37-42(35,43)40-13-12(31)10(4-36-41(33,34)39-8)44-18(13)30-15-11(27-28-30)17(32)26-19(21)25-15/h2,5,7-10,12-13,18,31H,1,3-4H2,(H,33,34)(H,35,43)(H2,20,23,24)(H3,21,25,26,32)/t7-,8+,9?,10-,12-,13-,18-,42?/m1/s1. The normalized spacial score (nSPS) is 36.6. The highest BCUT2D eigenvalue weighted by molar-refractivity contribution is 8.07. The van der Waals surface area contributed by atoms with Crippen LogP contribution in [0.2, 0.25) is 0 Å². The Hall–Kier alpha value is -2.66. The first-order valence-electron chi connectivity index (χ1n) is 12.7. The fraction of sp³-hybridized carbons (Fsp3) is 0.526. The lowest BCUT2D eigenvalue weighted by Gasteiger charge is -2.27. The number of nitrogens with zero attached hydrogens (tertiary/aromatic N) is 8. The van der Waals surface area contributed by atoms with E-state index in [-0.39, 0.29) is 35.0 Å². The number of aromatic amines is 1. The van der Waals surface area contributed by atoms with Gasteiger partial charge >= 0.3 is 14.5 Å². The van der Waals surface area contributed by atoms with Crippen LogP contribution in [0.1, 0.15) is 23.6 Å². The molecular formula is C19H23N11O10P2S2. The first kappa shape index (κ1) is 30.0. The van der Waals surface area contributed by atoms with Crippen molar-refractivity contribution in [1.29, 1.82) is 0 Å². The first-order chi connectivity index (χ1) is 20.9. The summed E-state index contributed by atoms with van der Waals surface area (Å²) in [5, 5.41) is 21.2. The Kier molecular flexibility index (Phi) is 7.50. The van der Waals surface area contributed by atoms with Crippen molar-refractivity contribution >= 4 is 66.7 Å². The Labute approximate surface area is 254 Å². The number of fused-ring (bicyclic) bond motifs is 5. The van der Waals surface area contributed by atoms with E-state index in [0.29, 0.717) is 5.69 Å². The van der Waals surface area contributed by atoms with Crippen molar-refractivity contribution in [1.82, 2.24) is 44.5 Å². The smallest absolute Gasteiger partial charge is 0.389 e. The number of thioether (sulfide) groups is 1. The van der Waals surface area contributed by atoms with Crippen molar-refractivity contribution in [2.24, 2.45) is 0 Å². The molecular weight excluding hydrogens is 668 g/mol. The van der Waals surface area contributed by atoms with E-state index in [9.17, 15) is 24.3 Å². The summed E-state index contributed by atoms with van der Waals surface area (Å²) in [5.41, 5.74) is 11.5. The number of imidazole rings is 1. The number of rotatable bonds is 2. The van der Waals surface area contributed by atoms with Gasteiger partial charge in [-0.1, -0.05) is 5.21 Å². The van der Waals surface area contributed by atoms with Gasteiger partial charge in [0.05, 0.1) is 36.5 Å². The minimum absolute atomic E-state index is 0.0366. The third kappa shape index (κ3) is 5.42. The van der Waals surface area contributed by atoms with Gasteiger partial charge in [-0.2, -0.15) is 10.1 Å². The van der Waals surface area contributed by atoms with E-state index in [1.54, 1.807) is 0 Å². The molecule has 3 saturated heterocycles. The predicted octanol–water partition coefficient (Wildman–Crippen LogP) is -1.24. The van der Waals surface area contributed by atoms with Crippen molar-refractivity contribution in [3.63, 3.8) is 0 Å². The molecule has 25 heteroatoms. The van der Waals surface area contributed by atoms with E-state index >= 15 is 0 Å². The van der Waals surface area contributed by atoms with E-state index in [0.717, 1.165) is 11.8 Å². The van der Waals surface area contributed by atoms with Crippen LogP contribution in [0.3, 0.4) is 0 Å². The molecule has 2 bridgehead atoms. The molecule has 0 amide bonds. The van der Waals surface area contributed by atoms with Crippen LogP contribution in [0.4, 0.5) is 11.8 Å². The number of aliphatic hydroxyl groups excluding tert-OH is 1. The van der Waals surface area contributed by atoms with Crippen LogP contribution < -0.4 is 17.0 Å². The molecule has 7 rings (SSSR count). The highest BCUT2D eigenvalue weighted by Gasteiger charge is 2.51. The summed E-state index contributed by atoms with van der Waals surface area (Å²) in [7, 11) is -4.76. The van der Waals surface area contributed by atoms with Crippen molar-refractivity contribution < 1.29 is 42.3 Å². The summed E-state index contributed by atoms with van der Waals surface area (Å²) in [6.07, 6.45) is -2.89. The van der Waals surface area contributed by atoms with Gasteiger partial charge in [0.2, 0.25) is 5.95 Å². The van der Waals surface area contributed by atoms with E-state index in [2.05, 4.69) is 35.3 Å². The van der Waals surface area contributed by atoms with Gasteiger partial charge in [0.25, 0.3) is 5.56 Å². The number of ether oxygens (including phenoxy) is 1. The topological polar surface area (TPSA) is 295 Å². The van der Waals surface area contributed by atoms with Crippen LogP contribution in [-0.2, 0) is 39.2 Å². The van der Waals surface area contributed by atoms with Crippen molar-refractivity contribution in [2.75, 3.05) is 24.7 Å². The Morgan fingerprint density at radius 1 is 1.14 bits per heavy atom. The largest absolute Gasteiger partial charge is 0.472 e. The average molecular weight is 692 g/mol. The summed E-state index contributed by atoms with van der Waals surface area (Å²) in [4.78, 5) is 48.5. The Balaban J connectivity index is 1.19. The summed E-state index contributed by atoms with van der Waals surface area (Å²) >= 11 is 6.26. The van der Waals surface area contributed by atoms with E-state index in [4.69, 9.17) is 46.1 Å². The number of phosphoric ester groups is 1. The third-order valence-electron chi connectivity index (χ3n) is 7.12. The Morgan fingerprint density at radius 2 is 1.95 bits per heavy atom. The van der Waals surface area contributed by atoms with Crippen molar-refractivity contribution in [3.05, 3.63) is 28.6 Å². The van der Waals surface area contributed by atoms with Gasteiger partial charge in [-0.05, 0) is 11.8 Å². The third-order valence-corrected chi connectivity index (χ3v) is 11.2. The van der Waals surface area contributed by atoms with Gasteiger partial charge in [0.1, 0.15) is 36.1 Å². The predicted molar refractivity (Wildman–Crippen MR) is 152 cm³/mol. The number of anilines is 2. The molecule has 4 aromatic rings. The molecule has 8 N–H and O–H groups in total. The quantitative estimate of drug-likeness (QED) is 0.134. The highest BCUT2D eigenvalue weighted by Crippen LogP contribution is 2.56. The highest BCUT2D eigenvalue weighted by atomic mass is 32.5. The minimum Gasteiger partial charge on any atom is -0.389 e. The number of phosphoric acid groups is 1. The van der Waals surface area contributed by atoms with Gasteiger partial charge in [-0.25, -0.2) is 23.7 Å². The van der Waals surface area contributed by atoms with E-state index in [1.165, 1.54) is 21.7 Å². The second-order valence-corrected chi connectivity index (χ2v) is 15.5. The van der Waals surface area contributed by atoms with Gasteiger partial charge in [0, 0.05) is 6.42 Å². The van der Waals surface area contributed by atoms with Crippen LogP contribution in [0.15, 0.2) is 17.3 Å². The fourth-order valence-corrected chi connectivity index (χ4v) is 9.18. The Bertz CT molecular complexity index is 1910. The zero-order chi connectivity index (χ0) is 31.0. The number of nitrogen functional groups attached to an aromatic ring is 2. The maximum atomic E-state index is 13.1. The lowest BCUT2D eigenvalue weighted by atomic mass is 10.1. The molecule has 3 aliphatic rings. The van der Waals surface area contributed by atoms with Crippen LogP contribution in [0.5, 0.6) is 0 Å². The molecule has 0 aromatic carbocycles. The molecule has 3 unspecified atom stereocenters. The van der Waals surface area contributed by atoms with Crippen LogP contribution in [-0.4, -0.2) is 102 Å². The lowest BCUT2D eigenvalue weighted by Crippen LogP contribution is -2.35. The number of hydrogen-bond acceptors (Lipinski definition) is 18. The molecule has 3 fully saturated rings. The van der Waals surface area contributed by atoms with E-state index < -0.39 is 74.5 Å². The maximum absolute atomic E-state index is 13.1. The number of nitrogens with one attached hydrogen (secondary N) is 1. The number of nitrogens with two attached hydrogens (primary N) is 2. The number of aliphatic hydroxyl groups is 1. The van der Waals surface area contributed by atoms with Crippen molar-refractivity contribution in [3.8, 4) is 0 Å². The zero-order valence-electron chi connectivity index (χ0n) is 22.0. The SMILES string of the molecule is Nc1nc2c(nnn2[C@@H]2S[C@@H]3COP(=O)(O)O[C@H]4C[C@H](c5cnc6c(N)ncnn56)OC4COP(O)(=S)O[C@@H]2[C@@H]3O)c(=O)[nH]1. The average Bonchev–Trinajstić information content (AvgIpc) is 3.72. The second-order valence-electron chi connectivity index (χ2n) is 9.92. The molecule has 21 nitrogen and oxygen atoms in total. The molecule has 0 aliphatic carbocycles. The van der Waals surface area contributed by atoms with Crippen LogP contribution >= 0.6 is 26.3 Å². The van der Waals surface area contributed by atoms with Crippen LogP contribution in [0.25, 0.3) is 16.8 Å². The molecule has 0 spiro atoms. The second kappa shape index (κ2) is 11.0. The summed E-state index contributed by atoms with van der Waals surface area (Å²) in [6, 6.07) is 0. The van der Waals surface area contributed by atoms with Crippen LogP contribution in [0, 0.1) is 0 Å². The Morgan fingerprint density at radius 3 is 2.77 bits per heavy atom. The summed E-state index contributed by atoms with van der Waals surface area (Å²) < 4.78 is 44.0. The molecule has 9 atom stereocenters. The number of aromatic nitrogens is 9. The number of hydrogen-bond donors (Lipinski definition) is 6. The summed E-state index contributed by atoms with van der Waals surface area (Å²) in [5.74, 6) is -0.0805. The molecule has 4 aromatic heterocycles. The lowest BCUT2D eigenvalue weighted by molar-refractivity contribution is -0.0264. The van der Waals surface area contributed by atoms with Gasteiger partial charge in [0.15, 0.2) is 22.6 Å². The first-order valence-corrected chi connectivity index (χ1v) is 17.8.